The number of aliphatic hydroxyl groups excluding tert-OH is 1. The van der Waals surface area contributed by atoms with Crippen molar-refractivity contribution in [3.63, 3.8) is 0 Å². The summed E-state index contributed by atoms with van der Waals surface area (Å²) in [5, 5.41) is 20.2. The number of rotatable bonds is 8. The van der Waals surface area contributed by atoms with Crippen LogP contribution in [0.3, 0.4) is 0 Å². The normalized spacial score (nSPS) is 12.4. The number of methoxy groups -OCH3 is 1. The summed E-state index contributed by atoms with van der Waals surface area (Å²) in [4.78, 5) is 23.7. The zero-order valence-electron chi connectivity index (χ0n) is 11.5. The third-order valence-corrected chi connectivity index (χ3v) is 2.67. The van der Waals surface area contributed by atoms with E-state index in [4.69, 9.17) is 4.74 Å². The van der Waals surface area contributed by atoms with Gasteiger partial charge in [-0.1, -0.05) is 12.1 Å². The van der Waals surface area contributed by atoms with Crippen LogP contribution in [0.25, 0.3) is 0 Å². The van der Waals surface area contributed by atoms with Crippen LogP contribution in [0.15, 0.2) is 24.3 Å². The van der Waals surface area contributed by atoms with Crippen molar-refractivity contribution in [1.29, 1.82) is 0 Å². The zero-order valence-corrected chi connectivity index (χ0v) is 11.5. The summed E-state index contributed by atoms with van der Waals surface area (Å²) in [7, 11) is 3.17. The van der Waals surface area contributed by atoms with Crippen LogP contribution < -0.4 is 0 Å². The fourth-order valence-electron chi connectivity index (χ4n) is 1.80. The number of likely N-dealkylation sites (N-methyl/N-ethyl adjacent to an activating group) is 1. The minimum atomic E-state index is -0.678. The van der Waals surface area contributed by atoms with Gasteiger partial charge in [-0.2, -0.15) is 0 Å². The number of carbonyl (C=O) groups is 1. The fourth-order valence-corrected chi connectivity index (χ4v) is 1.80. The van der Waals surface area contributed by atoms with E-state index in [1.165, 1.54) is 31.4 Å². The Morgan fingerprint density at radius 3 is 2.85 bits per heavy atom. The first-order chi connectivity index (χ1) is 9.43. The Balaban J connectivity index is 2.62. The number of nitro groups is 1. The molecule has 1 unspecified atom stereocenters. The van der Waals surface area contributed by atoms with Crippen molar-refractivity contribution in [3.05, 3.63) is 39.9 Å². The molecule has 0 radical (unpaired) electrons. The third kappa shape index (κ3) is 5.04. The van der Waals surface area contributed by atoms with Gasteiger partial charge in [-0.15, -0.1) is 0 Å². The number of non-ortho nitro benzene ring substituents is 1. The number of hydrogen-bond acceptors (Lipinski definition) is 6. The van der Waals surface area contributed by atoms with E-state index in [2.05, 4.69) is 0 Å². The molecule has 0 fully saturated rings. The molecule has 7 heteroatoms. The lowest BCUT2D eigenvalue weighted by Crippen LogP contribution is -2.35. The summed E-state index contributed by atoms with van der Waals surface area (Å²) in [6, 6.07) is 5.60. The molecule has 0 bridgehead atoms. The predicted molar refractivity (Wildman–Crippen MR) is 72.8 cm³/mol. The van der Waals surface area contributed by atoms with E-state index in [-0.39, 0.29) is 36.7 Å². The third-order valence-electron chi connectivity index (χ3n) is 2.67. The molecule has 0 amide bonds. The van der Waals surface area contributed by atoms with Gasteiger partial charge in [0.1, 0.15) is 0 Å². The Kier molecular flexibility index (Phi) is 6.23. The van der Waals surface area contributed by atoms with Crippen LogP contribution in [0.5, 0.6) is 0 Å². The lowest BCUT2D eigenvalue weighted by molar-refractivity contribution is -0.384. The fraction of sp³-hybridized carbons (Fsp3) is 0.462. The lowest BCUT2D eigenvalue weighted by Gasteiger charge is -2.19. The van der Waals surface area contributed by atoms with Gasteiger partial charge in [0.15, 0.2) is 5.78 Å². The Hall–Kier alpha value is -1.83. The highest BCUT2D eigenvalue weighted by Gasteiger charge is 2.15. The maximum Gasteiger partial charge on any atom is 0.270 e. The molecule has 0 aliphatic carbocycles. The smallest absolute Gasteiger partial charge is 0.270 e. The van der Waals surface area contributed by atoms with Crippen LogP contribution in [-0.2, 0) is 4.74 Å². The molecule has 110 valence electrons. The van der Waals surface area contributed by atoms with Crippen molar-refractivity contribution >= 4 is 11.5 Å². The summed E-state index contributed by atoms with van der Waals surface area (Å²) in [5.74, 6) is -0.235. The zero-order chi connectivity index (χ0) is 15.1. The van der Waals surface area contributed by atoms with Crippen LogP contribution in [0.2, 0.25) is 0 Å². The van der Waals surface area contributed by atoms with Gasteiger partial charge in [0.2, 0.25) is 0 Å². The van der Waals surface area contributed by atoms with Crippen LogP contribution in [0.1, 0.15) is 10.4 Å². The second-order valence-electron chi connectivity index (χ2n) is 4.54. The summed E-state index contributed by atoms with van der Waals surface area (Å²) in [6.07, 6.45) is -0.678. The first-order valence-corrected chi connectivity index (χ1v) is 6.07. The van der Waals surface area contributed by atoms with Gasteiger partial charge < -0.3 is 9.84 Å². The molecule has 0 saturated heterocycles. The van der Waals surface area contributed by atoms with Gasteiger partial charge in [0.25, 0.3) is 5.69 Å². The van der Waals surface area contributed by atoms with Gasteiger partial charge in [-0.3, -0.25) is 19.8 Å². The van der Waals surface area contributed by atoms with Crippen molar-refractivity contribution in [2.45, 2.75) is 6.10 Å². The molecule has 1 aromatic carbocycles. The standard InChI is InChI=1S/C13H18N2O5/c1-14(7-12(16)9-20-2)8-13(17)10-4-3-5-11(6-10)15(18)19/h3-6,12,16H,7-9H2,1-2H3. The summed E-state index contributed by atoms with van der Waals surface area (Å²) in [6.45, 7) is 0.547. The number of hydrogen-bond donors (Lipinski definition) is 1. The van der Waals surface area contributed by atoms with Crippen molar-refractivity contribution in [1.82, 2.24) is 4.90 Å². The van der Waals surface area contributed by atoms with Crippen LogP contribution >= 0.6 is 0 Å². The van der Waals surface area contributed by atoms with Gasteiger partial charge in [-0.25, -0.2) is 0 Å². The van der Waals surface area contributed by atoms with Crippen LogP contribution in [0.4, 0.5) is 5.69 Å². The average molecular weight is 282 g/mol. The minimum absolute atomic E-state index is 0.0714. The van der Waals surface area contributed by atoms with E-state index < -0.39 is 11.0 Å². The topological polar surface area (TPSA) is 92.9 Å². The van der Waals surface area contributed by atoms with Gasteiger partial charge in [-0.05, 0) is 7.05 Å². The van der Waals surface area contributed by atoms with E-state index in [0.29, 0.717) is 0 Å². The number of benzene rings is 1. The monoisotopic (exact) mass is 282 g/mol. The first kappa shape index (κ1) is 16.2. The highest BCUT2D eigenvalue weighted by atomic mass is 16.6. The molecule has 1 atom stereocenters. The van der Waals surface area contributed by atoms with Crippen molar-refractivity contribution < 1.29 is 19.6 Å². The van der Waals surface area contributed by atoms with Crippen molar-refractivity contribution in [3.8, 4) is 0 Å². The van der Waals surface area contributed by atoms with E-state index in [9.17, 15) is 20.0 Å². The first-order valence-electron chi connectivity index (χ1n) is 6.07. The number of ether oxygens (including phenoxy) is 1. The second-order valence-corrected chi connectivity index (χ2v) is 4.54. The number of nitrogens with zero attached hydrogens (tertiary/aromatic N) is 2. The summed E-state index contributed by atoms with van der Waals surface area (Å²) in [5.41, 5.74) is 0.171. The maximum absolute atomic E-state index is 12.0. The lowest BCUT2D eigenvalue weighted by atomic mass is 10.1. The van der Waals surface area contributed by atoms with Crippen molar-refractivity contribution in [2.24, 2.45) is 0 Å². The van der Waals surface area contributed by atoms with E-state index in [0.717, 1.165) is 0 Å². The minimum Gasteiger partial charge on any atom is -0.389 e. The van der Waals surface area contributed by atoms with E-state index >= 15 is 0 Å². The highest BCUT2D eigenvalue weighted by Crippen LogP contribution is 2.13. The molecule has 0 aliphatic rings. The van der Waals surface area contributed by atoms with Gasteiger partial charge >= 0.3 is 0 Å². The molecule has 1 rings (SSSR count). The number of carbonyl (C=O) groups excluding carboxylic acids is 1. The highest BCUT2D eigenvalue weighted by molar-refractivity contribution is 5.98. The number of ketones is 1. The number of Topliss-reactive ketones (excluding diaryl/α,β-unsaturated/α-hetero) is 1. The molecule has 0 heterocycles. The second kappa shape index (κ2) is 7.68. The number of nitro benzene ring substituents is 1. The molecule has 1 aromatic rings. The summed E-state index contributed by atoms with van der Waals surface area (Å²) < 4.78 is 4.80. The Morgan fingerprint density at radius 2 is 2.25 bits per heavy atom. The SMILES string of the molecule is COCC(O)CN(C)CC(=O)c1cccc([N+](=O)[O-])c1. The molecule has 20 heavy (non-hydrogen) atoms. The van der Waals surface area contributed by atoms with Crippen LogP contribution in [-0.4, -0.2) is 60.7 Å². The largest absolute Gasteiger partial charge is 0.389 e. The molecule has 1 N–H and O–H groups in total. The number of aliphatic hydroxyl groups is 1. The Morgan fingerprint density at radius 1 is 1.55 bits per heavy atom. The molecule has 0 saturated carbocycles. The van der Waals surface area contributed by atoms with E-state index in [1.54, 1.807) is 11.9 Å². The van der Waals surface area contributed by atoms with Crippen LogP contribution in [0, 0.1) is 10.1 Å². The molecular formula is C13H18N2O5. The van der Waals surface area contributed by atoms with Gasteiger partial charge in [0.05, 0.1) is 24.2 Å². The maximum atomic E-state index is 12.0. The Bertz CT molecular complexity index is 478. The predicted octanol–water partition coefficient (Wildman–Crippen LogP) is 0.717. The van der Waals surface area contributed by atoms with Crippen molar-refractivity contribution in [2.75, 3.05) is 33.9 Å². The van der Waals surface area contributed by atoms with E-state index in [1.807, 2.05) is 0 Å². The molecule has 0 aliphatic heterocycles. The molecule has 7 nitrogen and oxygen atoms in total. The molecule has 0 aromatic heterocycles. The molecule has 0 spiro atoms. The Labute approximate surface area is 116 Å². The quantitative estimate of drug-likeness (QED) is 0.429. The average Bonchev–Trinajstić information content (AvgIpc) is 2.38. The van der Waals surface area contributed by atoms with Gasteiger partial charge in [0, 0.05) is 31.4 Å². The summed E-state index contributed by atoms with van der Waals surface area (Å²) >= 11 is 0. The molecular weight excluding hydrogens is 264 g/mol.